The van der Waals surface area contributed by atoms with E-state index < -0.39 is 0 Å². The lowest BCUT2D eigenvalue weighted by atomic mass is 9.95. The first kappa shape index (κ1) is 20.0. The summed E-state index contributed by atoms with van der Waals surface area (Å²) in [5, 5.41) is 3.40. The third kappa shape index (κ3) is 5.00. The lowest BCUT2D eigenvalue weighted by Gasteiger charge is -2.32. The minimum atomic E-state index is -0.284. The average molecular weight is 419 g/mol. The minimum Gasteiger partial charge on any atom is -0.486 e. The van der Waals surface area contributed by atoms with Crippen LogP contribution >= 0.6 is 11.6 Å². The first-order valence-electron chi connectivity index (χ1n) is 9.91. The van der Waals surface area contributed by atoms with Crippen molar-refractivity contribution >= 4 is 17.5 Å². The van der Waals surface area contributed by atoms with Gasteiger partial charge in [0.25, 0.3) is 0 Å². The van der Waals surface area contributed by atoms with E-state index in [1.54, 1.807) is 12.1 Å². The molecule has 0 radical (unpaired) electrons. The molecule has 0 aliphatic carbocycles. The van der Waals surface area contributed by atoms with Crippen LogP contribution in [0, 0.1) is 11.7 Å². The number of amides is 1. The number of carbonyl (C=O) groups excluding carboxylic acids is 1. The van der Waals surface area contributed by atoms with Crippen molar-refractivity contribution in [3.8, 4) is 11.5 Å². The number of fused-ring (bicyclic) bond motifs is 1. The molecule has 1 N–H and O–H groups in total. The van der Waals surface area contributed by atoms with Gasteiger partial charge >= 0.3 is 0 Å². The third-order valence-corrected chi connectivity index (χ3v) is 5.67. The average Bonchev–Trinajstić information content (AvgIpc) is 2.74. The Bertz CT molecular complexity index is 871. The molecule has 0 bridgehead atoms. The molecule has 2 aromatic rings. The molecule has 5 nitrogen and oxygen atoms in total. The van der Waals surface area contributed by atoms with E-state index in [1.807, 2.05) is 24.3 Å². The number of rotatable bonds is 5. The van der Waals surface area contributed by atoms with E-state index in [0.717, 1.165) is 31.7 Å². The molecule has 1 saturated heterocycles. The van der Waals surface area contributed by atoms with Crippen LogP contribution in [0.25, 0.3) is 0 Å². The van der Waals surface area contributed by atoms with Crippen LogP contribution in [-0.4, -0.2) is 43.2 Å². The number of piperidine rings is 1. The molecule has 154 valence electrons. The molecule has 2 heterocycles. The number of nitrogens with one attached hydrogen (secondary N) is 1. The standard InChI is InChI=1S/C22H24ClFN2O3/c23-17-6-5-16(19(24)11-17)13-26-9-7-15(8-10-26)22(27)25-12-18-14-28-20-3-1-2-4-21(20)29-18/h1-6,11,15,18H,7-10,12-14H2,(H,25,27)/t18-/m1/s1. The van der Waals surface area contributed by atoms with Gasteiger partial charge in [-0.1, -0.05) is 29.8 Å². The number of benzene rings is 2. The summed E-state index contributed by atoms with van der Waals surface area (Å²) in [4.78, 5) is 14.7. The second-order valence-electron chi connectivity index (χ2n) is 7.53. The molecule has 1 amide bonds. The second kappa shape index (κ2) is 9.01. The van der Waals surface area contributed by atoms with Gasteiger partial charge in [-0.3, -0.25) is 9.69 Å². The van der Waals surface area contributed by atoms with Crippen LogP contribution in [0.4, 0.5) is 4.39 Å². The Hall–Kier alpha value is -2.31. The molecule has 1 fully saturated rings. The fourth-order valence-corrected chi connectivity index (χ4v) is 3.93. The van der Waals surface area contributed by atoms with E-state index in [1.165, 1.54) is 6.07 Å². The molecular weight excluding hydrogens is 395 g/mol. The third-order valence-electron chi connectivity index (χ3n) is 5.44. The Morgan fingerprint density at radius 2 is 1.93 bits per heavy atom. The molecule has 0 saturated carbocycles. The predicted molar refractivity (Wildman–Crippen MR) is 109 cm³/mol. The summed E-state index contributed by atoms with van der Waals surface area (Å²) in [5.41, 5.74) is 0.632. The molecule has 2 aliphatic rings. The zero-order chi connectivity index (χ0) is 20.2. The van der Waals surface area contributed by atoms with Crippen LogP contribution in [0.1, 0.15) is 18.4 Å². The smallest absolute Gasteiger partial charge is 0.223 e. The molecule has 0 spiro atoms. The number of hydrogen-bond acceptors (Lipinski definition) is 4. The molecule has 29 heavy (non-hydrogen) atoms. The maximum absolute atomic E-state index is 14.0. The molecule has 0 unspecified atom stereocenters. The van der Waals surface area contributed by atoms with Gasteiger partial charge in [-0.25, -0.2) is 4.39 Å². The number of halogens is 2. The van der Waals surface area contributed by atoms with Crippen molar-refractivity contribution in [1.82, 2.24) is 10.2 Å². The van der Waals surface area contributed by atoms with E-state index >= 15 is 0 Å². The minimum absolute atomic E-state index is 0.0295. The second-order valence-corrected chi connectivity index (χ2v) is 7.97. The van der Waals surface area contributed by atoms with Crippen molar-refractivity contribution in [3.63, 3.8) is 0 Å². The maximum Gasteiger partial charge on any atom is 0.223 e. The van der Waals surface area contributed by atoms with Crippen molar-refractivity contribution in [2.24, 2.45) is 5.92 Å². The fourth-order valence-electron chi connectivity index (χ4n) is 3.77. The Balaban J connectivity index is 1.21. The van der Waals surface area contributed by atoms with Gasteiger partial charge in [0.2, 0.25) is 5.91 Å². The summed E-state index contributed by atoms with van der Waals surface area (Å²) in [6.45, 7) is 2.89. The van der Waals surface area contributed by atoms with E-state index in [0.29, 0.717) is 36.0 Å². The zero-order valence-corrected chi connectivity index (χ0v) is 16.8. The monoisotopic (exact) mass is 418 g/mol. The van der Waals surface area contributed by atoms with Gasteiger partial charge in [0.05, 0.1) is 6.54 Å². The van der Waals surface area contributed by atoms with Crippen molar-refractivity contribution in [1.29, 1.82) is 0 Å². The molecule has 2 aliphatic heterocycles. The summed E-state index contributed by atoms with van der Waals surface area (Å²) in [7, 11) is 0. The van der Waals surface area contributed by atoms with Crippen LogP contribution in [0.5, 0.6) is 11.5 Å². The highest BCUT2D eigenvalue weighted by atomic mass is 35.5. The maximum atomic E-state index is 14.0. The van der Waals surface area contributed by atoms with E-state index in [9.17, 15) is 9.18 Å². The Morgan fingerprint density at radius 3 is 2.69 bits per heavy atom. The van der Waals surface area contributed by atoms with Crippen LogP contribution in [0.2, 0.25) is 5.02 Å². The number of nitrogens with zero attached hydrogens (tertiary/aromatic N) is 1. The summed E-state index contributed by atoms with van der Waals surface area (Å²) in [6.07, 6.45) is 1.32. The Morgan fingerprint density at radius 1 is 1.17 bits per heavy atom. The molecule has 7 heteroatoms. The molecule has 2 aromatic carbocycles. The number of carbonyl (C=O) groups is 1. The van der Waals surface area contributed by atoms with Crippen LogP contribution in [0.15, 0.2) is 42.5 Å². The number of likely N-dealkylation sites (tertiary alicyclic amines) is 1. The van der Waals surface area contributed by atoms with Crippen molar-refractivity contribution in [2.45, 2.75) is 25.5 Å². The van der Waals surface area contributed by atoms with E-state index in [4.69, 9.17) is 21.1 Å². The van der Waals surface area contributed by atoms with Gasteiger partial charge in [-0.05, 0) is 50.2 Å². The number of para-hydroxylation sites is 2. The predicted octanol–water partition coefficient (Wildman–Crippen LogP) is 3.65. The lowest BCUT2D eigenvalue weighted by molar-refractivity contribution is -0.127. The topological polar surface area (TPSA) is 50.8 Å². The SMILES string of the molecule is O=C(NC[C@@H]1COc2ccccc2O1)C1CCN(Cc2ccc(Cl)cc2F)CC1. The van der Waals surface area contributed by atoms with Crippen molar-refractivity contribution in [2.75, 3.05) is 26.2 Å². The molecule has 4 rings (SSSR count). The van der Waals surface area contributed by atoms with Gasteiger partial charge in [-0.15, -0.1) is 0 Å². The highest BCUT2D eigenvalue weighted by molar-refractivity contribution is 6.30. The molecular formula is C22H24ClFN2O3. The largest absolute Gasteiger partial charge is 0.486 e. The first-order chi connectivity index (χ1) is 14.1. The van der Waals surface area contributed by atoms with Crippen molar-refractivity contribution < 1.29 is 18.7 Å². The van der Waals surface area contributed by atoms with Gasteiger partial charge in [-0.2, -0.15) is 0 Å². The van der Waals surface area contributed by atoms with Gasteiger partial charge < -0.3 is 14.8 Å². The number of hydrogen-bond donors (Lipinski definition) is 1. The van der Waals surface area contributed by atoms with Gasteiger partial charge in [0.1, 0.15) is 18.5 Å². The van der Waals surface area contributed by atoms with Crippen LogP contribution < -0.4 is 14.8 Å². The Kier molecular flexibility index (Phi) is 6.21. The summed E-state index contributed by atoms with van der Waals surface area (Å²) in [5.74, 6) is 1.18. The fraction of sp³-hybridized carbons (Fsp3) is 0.409. The Labute approximate surface area is 174 Å². The highest BCUT2D eigenvalue weighted by Gasteiger charge is 2.27. The van der Waals surface area contributed by atoms with Crippen LogP contribution in [0.3, 0.4) is 0 Å². The van der Waals surface area contributed by atoms with Gasteiger partial charge in [0.15, 0.2) is 11.5 Å². The van der Waals surface area contributed by atoms with E-state index in [2.05, 4.69) is 10.2 Å². The molecule has 0 aromatic heterocycles. The van der Waals surface area contributed by atoms with E-state index in [-0.39, 0.29) is 23.7 Å². The summed E-state index contributed by atoms with van der Waals surface area (Å²) >= 11 is 5.81. The lowest BCUT2D eigenvalue weighted by Crippen LogP contribution is -2.45. The zero-order valence-electron chi connectivity index (χ0n) is 16.1. The quantitative estimate of drug-likeness (QED) is 0.805. The first-order valence-corrected chi connectivity index (χ1v) is 10.3. The molecule has 1 atom stereocenters. The van der Waals surface area contributed by atoms with Crippen molar-refractivity contribution in [3.05, 3.63) is 58.9 Å². The highest BCUT2D eigenvalue weighted by Crippen LogP contribution is 2.30. The summed E-state index contributed by atoms with van der Waals surface area (Å²) < 4.78 is 25.5. The van der Waals surface area contributed by atoms with Crippen LogP contribution in [-0.2, 0) is 11.3 Å². The number of ether oxygens (including phenoxy) is 2. The normalized spacial score (nSPS) is 19.7. The summed E-state index contributed by atoms with van der Waals surface area (Å²) in [6, 6.07) is 12.3. The van der Waals surface area contributed by atoms with Gasteiger partial charge in [0, 0.05) is 23.0 Å².